The van der Waals surface area contributed by atoms with Gasteiger partial charge in [0.25, 0.3) is 5.91 Å². The minimum Gasteiger partial charge on any atom is -0.488 e. The number of ether oxygens (including phenoxy) is 1. The smallest absolute Gasteiger partial charge is 0.257 e. The van der Waals surface area contributed by atoms with E-state index in [1.54, 1.807) is 4.90 Å². The zero-order valence-electron chi connectivity index (χ0n) is 13.4. The summed E-state index contributed by atoms with van der Waals surface area (Å²) in [5.74, 6) is 0.625. The van der Waals surface area contributed by atoms with Gasteiger partial charge in [-0.2, -0.15) is 0 Å². The van der Waals surface area contributed by atoms with Gasteiger partial charge in [0.15, 0.2) is 0 Å². The molecule has 0 aliphatic carbocycles. The molecule has 1 aliphatic rings. The molecule has 1 amide bonds. The van der Waals surface area contributed by atoms with E-state index in [-0.39, 0.29) is 11.9 Å². The van der Waals surface area contributed by atoms with Crippen LogP contribution in [0, 0.1) is 6.92 Å². The quantitative estimate of drug-likeness (QED) is 0.944. The number of likely N-dealkylation sites (tertiary alicyclic amines) is 1. The lowest BCUT2D eigenvalue weighted by Gasteiger charge is -2.18. The normalized spacial score (nSPS) is 17.3. The van der Waals surface area contributed by atoms with Crippen molar-refractivity contribution in [1.29, 1.82) is 0 Å². The molecule has 23 heavy (non-hydrogen) atoms. The number of carbonyl (C=O) groups excluding carboxylic acids is 1. The third kappa shape index (κ3) is 3.54. The van der Waals surface area contributed by atoms with E-state index in [1.807, 2.05) is 42.5 Å². The minimum absolute atomic E-state index is 0.00154. The number of hydrogen-bond acceptors (Lipinski definition) is 3. The molecule has 0 spiro atoms. The maximum Gasteiger partial charge on any atom is 0.257 e. The third-order valence-electron chi connectivity index (χ3n) is 4.27. The molecule has 1 atom stereocenters. The summed E-state index contributed by atoms with van der Waals surface area (Å²) in [7, 11) is 0. The number of amides is 1. The van der Waals surface area contributed by atoms with Crippen LogP contribution in [0.1, 0.15) is 27.9 Å². The fourth-order valence-corrected chi connectivity index (χ4v) is 2.84. The van der Waals surface area contributed by atoms with Gasteiger partial charge in [0.2, 0.25) is 0 Å². The van der Waals surface area contributed by atoms with Crippen molar-refractivity contribution in [2.75, 3.05) is 13.1 Å². The van der Waals surface area contributed by atoms with Gasteiger partial charge in [-0.3, -0.25) is 4.79 Å². The summed E-state index contributed by atoms with van der Waals surface area (Å²) in [5, 5.41) is 0. The van der Waals surface area contributed by atoms with Crippen LogP contribution in [-0.2, 0) is 6.61 Å². The first-order valence-corrected chi connectivity index (χ1v) is 7.96. The summed E-state index contributed by atoms with van der Waals surface area (Å²) in [5.41, 5.74) is 8.82. The first kappa shape index (κ1) is 15.6. The Morgan fingerprint density at radius 2 is 1.96 bits per heavy atom. The summed E-state index contributed by atoms with van der Waals surface area (Å²) in [4.78, 5) is 14.5. The molecule has 4 nitrogen and oxygen atoms in total. The van der Waals surface area contributed by atoms with Gasteiger partial charge in [0.05, 0.1) is 5.56 Å². The molecule has 2 aromatic rings. The second-order valence-electron chi connectivity index (χ2n) is 6.01. The standard InChI is InChI=1S/C19H22N2O2/c1-14-6-2-3-7-15(14)13-23-18-9-5-4-8-17(18)19(22)21-11-10-16(20)12-21/h2-9,16H,10-13,20H2,1H3/t16-/m1/s1. The predicted molar refractivity (Wildman–Crippen MR) is 90.4 cm³/mol. The first-order valence-electron chi connectivity index (χ1n) is 7.96. The molecular weight excluding hydrogens is 288 g/mol. The zero-order chi connectivity index (χ0) is 16.2. The van der Waals surface area contributed by atoms with Crippen molar-refractivity contribution in [3.05, 3.63) is 65.2 Å². The number of hydrogen-bond donors (Lipinski definition) is 1. The molecule has 3 rings (SSSR count). The highest BCUT2D eigenvalue weighted by Crippen LogP contribution is 2.23. The van der Waals surface area contributed by atoms with Gasteiger partial charge in [-0.15, -0.1) is 0 Å². The van der Waals surface area contributed by atoms with Crippen LogP contribution in [0.25, 0.3) is 0 Å². The largest absolute Gasteiger partial charge is 0.488 e. The summed E-state index contributed by atoms with van der Waals surface area (Å²) < 4.78 is 5.93. The third-order valence-corrected chi connectivity index (χ3v) is 4.27. The minimum atomic E-state index is -0.00154. The number of nitrogens with zero attached hydrogens (tertiary/aromatic N) is 1. The van der Waals surface area contributed by atoms with Crippen molar-refractivity contribution < 1.29 is 9.53 Å². The van der Waals surface area contributed by atoms with Crippen LogP contribution in [0.15, 0.2) is 48.5 Å². The SMILES string of the molecule is Cc1ccccc1COc1ccccc1C(=O)N1CC[C@@H](N)C1. The Balaban J connectivity index is 1.75. The van der Waals surface area contributed by atoms with Gasteiger partial charge >= 0.3 is 0 Å². The summed E-state index contributed by atoms with van der Waals surface area (Å²) in [6.07, 6.45) is 0.859. The topological polar surface area (TPSA) is 55.6 Å². The summed E-state index contributed by atoms with van der Waals surface area (Å²) >= 11 is 0. The Bertz CT molecular complexity index is 699. The number of rotatable bonds is 4. The molecule has 120 valence electrons. The molecule has 0 bridgehead atoms. The maximum atomic E-state index is 12.7. The number of nitrogens with two attached hydrogens (primary N) is 1. The van der Waals surface area contributed by atoms with Gasteiger partial charge in [0.1, 0.15) is 12.4 Å². The van der Waals surface area contributed by atoms with E-state index >= 15 is 0 Å². The van der Waals surface area contributed by atoms with Crippen molar-refractivity contribution in [2.24, 2.45) is 5.73 Å². The van der Waals surface area contributed by atoms with Gasteiger partial charge < -0.3 is 15.4 Å². The van der Waals surface area contributed by atoms with E-state index in [0.717, 1.165) is 12.0 Å². The van der Waals surface area contributed by atoms with Crippen LogP contribution in [-0.4, -0.2) is 29.9 Å². The number of aryl methyl sites for hydroxylation is 1. The monoisotopic (exact) mass is 310 g/mol. The van der Waals surface area contributed by atoms with Crippen LogP contribution in [0.4, 0.5) is 0 Å². The Hall–Kier alpha value is -2.33. The number of para-hydroxylation sites is 1. The van der Waals surface area contributed by atoms with Crippen molar-refractivity contribution in [3.63, 3.8) is 0 Å². The highest BCUT2D eigenvalue weighted by Gasteiger charge is 2.26. The fraction of sp³-hybridized carbons (Fsp3) is 0.316. The van der Waals surface area contributed by atoms with Crippen molar-refractivity contribution >= 4 is 5.91 Å². The molecule has 0 radical (unpaired) electrons. The molecule has 2 aromatic carbocycles. The Morgan fingerprint density at radius 3 is 2.70 bits per heavy atom. The van der Waals surface area contributed by atoms with Crippen LogP contribution in [0.5, 0.6) is 5.75 Å². The van der Waals surface area contributed by atoms with Gasteiger partial charge in [-0.25, -0.2) is 0 Å². The van der Waals surface area contributed by atoms with Gasteiger partial charge in [-0.05, 0) is 36.6 Å². The van der Waals surface area contributed by atoms with E-state index in [1.165, 1.54) is 5.56 Å². The second-order valence-corrected chi connectivity index (χ2v) is 6.01. The second kappa shape index (κ2) is 6.84. The lowest BCUT2D eigenvalue weighted by Crippen LogP contribution is -2.32. The van der Waals surface area contributed by atoms with E-state index in [2.05, 4.69) is 13.0 Å². The molecule has 1 heterocycles. The first-order chi connectivity index (χ1) is 11.1. The van der Waals surface area contributed by atoms with Crippen LogP contribution in [0.2, 0.25) is 0 Å². The number of carbonyl (C=O) groups is 1. The maximum absolute atomic E-state index is 12.7. The average Bonchev–Trinajstić information content (AvgIpc) is 3.00. The highest BCUT2D eigenvalue weighted by molar-refractivity contribution is 5.97. The number of benzene rings is 2. The molecule has 0 unspecified atom stereocenters. The fourth-order valence-electron chi connectivity index (χ4n) is 2.84. The average molecular weight is 310 g/mol. The van der Waals surface area contributed by atoms with Gasteiger partial charge in [-0.1, -0.05) is 36.4 Å². The Morgan fingerprint density at radius 1 is 1.22 bits per heavy atom. The summed E-state index contributed by atoms with van der Waals surface area (Å²) in [6, 6.07) is 15.6. The predicted octanol–water partition coefficient (Wildman–Crippen LogP) is 2.75. The highest BCUT2D eigenvalue weighted by atomic mass is 16.5. The van der Waals surface area contributed by atoms with Crippen molar-refractivity contribution in [3.8, 4) is 5.75 Å². The lowest BCUT2D eigenvalue weighted by molar-refractivity contribution is 0.0786. The van der Waals surface area contributed by atoms with E-state index < -0.39 is 0 Å². The molecule has 2 N–H and O–H groups in total. The molecule has 4 heteroatoms. The summed E-state index contributed by atoms with van der Waals surface area (Å²) in [6.45, 7) is 3.84. The Labute approximate surface area is 136 Å². The van der Waals surface area contributed by atoms with E-state index in [0.29, 0.717) is 31.0 Å². The van der Waals surface area contributed by atoms with Crippen LogP contribution in [0.3, 0.4) is 0 Å². The zero-order valence-corrected chi connectivity index (χ0v) is 13.4. The van der Waals surface area contributed by atoms with Crippen LogP contribution < -0.4 is 10.5 Å². The van der Waals surface area contributed by atoms with Gasteiger partial charge in [0, 0.05) is 19.1 Å². The molecule has 1 fully saturated rings. The molecule has 0 saturated carbocycles. The molecule has 0 aromatic heterocycles. The molecular formula is C19H22N2O2. The van der Waals surface area contributed by atoms with E-state index in [9.17, 15) is 4.79 Å². The molecule has 1 saturated heterocycles. The lowest BCUT2D eigenvalue weighted by atomic mass is 10.1. The van der Waals surface area contributed by atoms with Crippen molar-refractivity contribution in [2.45, 2.75) is 26.0 Å². The molecule has 1 aliphatic heterocycles. The Kier molecular flexibility index (Phi) is 4.63. The van der Waals surface area contributed by atoms with Crippen molar-refractivity contribution in [1.82, 2.24) is 4.90 Å². The van der Waals surface area contributed by atoms with Crippen LogP contribution >= 0.6 is 0 Å². The van der Waals surface area contributed by atoms with E-state index in [4.69, 9.17) is 10.5 Å².